The van der Waals surface area contributed by atoms with Gasteiger partial charge < -0.3 is 10.1 Å². The van der Waals surface area contributed by atoms with Crippen molar-refractivity contribution in [3.63, 3.8) is 0 Å². The van der Waals surface area contributed by atoms with E-state index in [2.05, 4.69) is 26.0 Å². The van der Waals surface area contributed by atoms with Gasteiger partial charge in [-0.15, -0.1) is 0 Å². The number of nitrogens with one attached hydrogen (secondary N) is 1. The van der Waals surface area contributed by atoms with Crippen LogP contribution in [-0.2, 0) is 14.3 Å². The topological polar surface area (TPSA) is 55.4 Å². The molecule has 0 radical (unpaired) electrons. The number of benzene rings is 2. The summed E-state index contributed by atoms with van der Waals surface area (Å²) in [5, 5.41) is 2.74. The van der Waals surface area contributed by atoms with E-state index < -0.39 is 23.7 Å². The molecule has 1 unspecified atom stereocenters. The average Bonchev–Trinajstić information content (AvgIpc) is 2.61. The Morgan fingerprint density at radius 2 is 1.88 bits per heavy atom. The van der Waals surface area contributed by atoms with Crippen LogP contribution in [0.5, 0.6) is 0 Å². The first kappa shape index (κ1) is 18.9. The fourth-order valence-corrected chi connectivity index (χ4v) is 2.46. The first-order valence-corrected chi connectivity index (χ1v) is 8.34. The van der Waals surface area contributed by atoms with Crippen LogP contribution in [0.25, 0.3) is 6.08 Å². The highest BCUT2D eigenvalue weighted by atomic mass is 79.9. The molecule has 0 fully saturated rings. The molecule has 2 rings (SSSR count). The highest BCUT2D eigenvalue weighted by Gasteiger charge is 2.18. The predicted molar refractivity (Wildman–Crippen MR) is 97.1 cm³/mol. The summed E-state index contributed by atoms with van der Waals surface area (Å²) in [5.74, 6) is -1.28. The van der Waals surface area contributed by atoms with E-state index in [0.717, 1.165) is 10.0 Å². The minimum Gasteiger partial charge on any atom is -0.469 e. The Morgan fingerprint density at radius 3 is 2.52 bits per heavy atom. The van der Waals surface area contributed by atoms with E-state index in [0.29, 0.717) is 5.56 Å². The summed E-state index contributed by atoms with van der Waals surface area (Å²) in [5.41, 5.74) is 1.08. The van der Waals surface area contributed by atoms with E-state index in [9.17, 15) is 14.0 Å². The van der Waals surface area contributed by atoms with E-state index in [1.54, 1.807) is 30.3 Å². The third-order valence-corrected chi connectivity index (χ3v) is 4.04. The highest BCUT2D eigenvalue weighted by Crippen LogP contribution is 2.20. The number of amides is 1. The Bertz CT molecular complexity index is 774. The summed E-state index contributed by atoms with van der Waals surface area (Å²) < 4.78 is 19.1. The van der Waals surface area contributed by atoms with Crippen LogP contribution in [0.4, 0.5) is 4.39 Å². The summed E-state index contributed by atoms with van der Waals surface area (Å²) in [6.45, 7) is 0. The predicted octanol–water partition coefficient (Wildman–Crippen LogP) is 4.02. The van der Waals surface area contributed by atoms with Gasteiger partial charge in [-0.2, -0.15) is 0 Å². The highest BCUT2D eigenvalue weighted by molar-refractivity contribution is 9.10. The molecule has 130 valence electrons. The molecule has 1 atom stereocenters. The monoisotopic (exact) mass is 405 g/mol. The normalized spacial score (nSPS) is 12.0. The van der Waals surface area contributed by atoms with Gasteiger partial charge in [0.1, 0.15) is 5.82 Å². The van der Waals surface area contributed by atoms with Crippen LogP contribution in [0.2, 0.25) is 0 Å². The number of halogens is 2. The zero-order valence-corrected chi connectivity index (χ0v) is 15.1. The molecule has 0 saturated carbocycles. The molecule has 0 aliphatic carbocycles. The Balaban J connectivity index is 2.12. The van der Waals surface area contributed by atoms with Crippen molar-refractivity contribution < 1.29 is 18.7 Å². The van der Waals surface area contributed by atoms with Crippen LogP contribution in [0, 0.1) is 5.82 Å². The largest absolute Gasteiger partial charge is 0.469 e. The molecule has 0 aromatic heterocycles. The molecule has 0 saturated heterocycles. The van der Waals surface area contributed by atoms with Gasteiger partial charge in [-0.1, -0.05) is 46.3 Å². The molecular weight excluding hydrogens is 389 g/mol. The van der Waals surface area contributed by atoms with Gasteiger partial charge in [0.15, 0.2) is 0 Å². The molecule has 1 N–H and O–H groups in total. The van der Waals surface area contributed by atoms with Crippen LogP contribution < -0.4 is 5.32 Å². The molecule has 0 bridgehead atoms. The SMILES string of the molecule is COC(=O)CC(NC(=O)/C=C/c1ccccc1F)c1ccc(Br)cc1. The summed E-state index contributed by atoms with van der Waals surface area (Å²) in [6, 6.07) is 12.9. The van der Waals surface area contributed by atoms with Crippen molar-refractivity contribution in [2.75, 3.05) is 7.11 Å². The maximum Gasteiger partial charge on any atom is 0.307 e. The molecule has 25 heavy (non-hydrogen) atoms. The third kappa shape index (κ3) is 5.83. The van der Waals surface area contributed by atoms with Crippen LogP contribution in [-0.4, -0.2) is 19.0 Å². The van der Waals surface area contributed by atoms with Gasteiger partial charge in [0.25, 0.3) is 0 Å². The Labute approximate surface area is 153 Å². The van der Waals surface area contributed by atoms with Crippen molar-refractivity contribution in [3.8, 4) is 0 Å². The molecule has 1 amide bonds. The summed E-state index contributed by atoms with van der Waals surface area (Å²) >= 11 is 3.34. The number of carbonyl (C=O) groups excluding carboxylic acids is 2. The second kappa shape index (κ2) is 9.13. The van der Waals surface area contributed by atoms with E-state index in [4.69, 9.17) is 0 Å². The summed E-state index contributed by atoms with van der Waals surface area (Å²) in [7, 11) is 1.29. The van der Waals surface area contributed by atoms with Crippen molar-refractivity contribution in [2.24, 2.45) is 0 Å². The fourth-order valence-electron chi connectivity index (χ4n) is 2.19. The van der Waals surface area contributed by atoms with Crippen molar-refractivity contribution in [1.82, 2.24) is 5.32 Å². The molecule has 4 nitrogen and oxygen atoms in total. The second-order valence-electron chi connectivity index (χ2n) is 5.25. The second-order valence-corrected chi connectivity index (χ2v) is 6.16. The van der Waals surface area contributed by atoms with Crippen molar-refractivity contribution in [2.45, 2.75) is 12.5 Å². The number of hydrogen-bond donors (Lipinski definition) is 1. The third-order valence-electron chi connectivity index (χ3n) is 3.51. The fraction of sp³-hybridized carbons (Fsp3) is 0.158. The molecular formula is C19H17BrFNO3. The molecule has 0 spiro atoms. The quantitative estimate of drug-likeness (QED) is 0.583. The first-order chi connectivity index (χ1) is 12.0. The number of hydrogen-bond acceptors (Lipinski definition) is 3. The number of esters is 1. The summed E-state index contributed by atoms with van der Waals surface area (Å²) in [6.07, 6.45) is 2.63. The van der Waals surface area contributed by atoms with Crippen molar-refractivity contribution in [3.05, 3.63) is 76.0 Å². The van der Waals surface area contributed by atoms with Crippen molar-refractivity contribution >= 4 is 33.9 Å². The zero-order valence-electron chi connectivity index (χ0n) is 13.5. The molecule has 2 aromatic carbocycles. The number of ether oxygens (including phenoxy) is 1. The maximum atomic E-state index is 13.6. The van der Waals surface area contributed by atoms with Gasteiger partial charge in [-0.05, 0) is 29.8 Å². The molecule has 0 heterocycles. The molecule has 6 heteroatoms. The number of carbonyl (C=O) groups is 2. The van der Waals surface area contributed by atoms with E-state index >= 15 is 0 Å². The lowest BCUT2D eigenvalue weighted by molar-refractivity contribution is -0.141. The van der Waals surface area contributed by atoms with Crippen molar-refractivity contribution in [1.29, 1.82) is 0 Å². The van der Waals surface area contributed by atoms with Crippen LogP contribution in [0.15, 0.2) is 59.1 Å². The standard InChI is InChI=1S/C19H17BrFNO3/c1-25-19(24)12-17(14-6-9-15(20)10-7-14)22-18(23)11-8-13-4-2-3-5-16(13)21/h2-11,17H,12H2,1H3,(H,22,23)/b11-8+. The Hall–Kier alpha value is -2.47. The lowest BCUT2D eigenvalue weighted by Gasteiger charge is -2.17. The minimum absolute atomic E-state index is 0.00257. The van der Waals surface area contributed by atoms with Gasteiger partial charge in [-0.3, -0.25) is 9.59 Å². The van der Waals surface area contributed by atoms with Gasteiger partial charge >= 0.3 is 5.97 Å². The zero-order chi connectivity index (χ0) is 18.2. The van der Waals surface area contributed by atoms with Gasteiger partial charge in [0.05, 0.1) is 19.6 Å². The average molecular weight is 406 g/mol. The smallest absolute Gasteiger partial charge is 0.307 e. The van der Waals surface area contributed by atoms with Crippen LogP contribution >= 0.6 is 15.9 Å². The maximum absolute atomic E-state index is 13.6. The number of rotatable bonds is 6. The van der Waals surface area contributed by atoms with Gasteiger partial charge in [-0.25, -0.2) is 4.39 Å². The first-order valence-electron chi connectivity index (χ1n) is 7.55. The van der Waals surface area contributed by atoms with Gasteiger partial charge in [0.2, 0.25) is 5.91 Å². The Morgan fingerprint density at radius 1 is 1.20 bits per heavy atom. The Kier molecular flexibility index (Phi) is 6.89. The van der Waals surface area contributed by atoms with Gasteiger partial charge in [0, 0.05) is 16.1 Å². The minimum atomic E-state index is -0.543. The van der Waals surface area contributed by atoms with Crippen LogP contribution in [0.3, 0.4) is 0 Å². The van der Waals surface area contributed by atoms with E-state index in [1.165, 1.54) is 25.3 Å². The molecule has 2 aromatic rings. The molecule has 0 aliphatic heterocycles. The lowest BCUT2D eigenvalue weighted by Crippen LogP contribution is -2.29. The lowest BCUT2D eigenvalue weighted by atomic mass is 10.0. The van der Waals surface area contributed by atoms with E-state index in [-0.39, 0.29) is 6.42 Å². The summed E-state index contributed by atoms with van der Waals surface area (Å²) in [4.78, 5) is 23.8. The van der Waals surface area contributed by atoms with Crippen LogP contribution in [0.1, 0.15) is 23.6 Å². The van der Waals surface area contributed by atoms with E-state index in [1.807, 2.05) is 12.1 Å². The molecule has 0 aliphatic rings. The number of methoxy groups -OCH3 is 1.